The van der Waals surface area contributed by atoms with E-state index in [2.05, 4.69) is 15.3 Å². The molecule has 0 bridgehead atoms. The number of anilines is 2. The normalized spacial score (nSPS) is 19.6. The summed E-state index contributed by atoms with van der Waals surface area (Å²) in [4.78, 5) is 21.2. The highest BCUT2D eigenvalue weighted by Crippen LogP contribution is 2.42. The topological polar surface area (TPSA) is 135 Å². The van der Waals surface area contributed by atoms with Crippen molar-refractivity contribution in [2.75, 3.05) is 17.3 Å². The van der Waals surface area contributed by atoms with E-state index in [0.717, 1.165) is 37.8 Å². The van der Waals surface area contributed by atoms with Gasteiger partial charge >= 0.3 is 0 Å². The van der Waals surface area contributed by atoms with Gasteiger partial charge in [-0.25, -0.2) is 4.99 Å². The van der Waals surface area contributed by atoms with Crippen molar-refractivity contribution >= 4 is 29.0 Å². The van der Waals surface area contributed by atoms with Gasteiger partial charge in [0.05, 0.1) is 16.3 Å². The van der Waals surface area contributed by atoms with Crippen molar-refractivity contribution in [3.8, 4) is 0 Å². The average molecular weight is 331 g/mol. The van der Waals surface area contributed by atoms with E-state index in [1.807, 2.05) is 0 Å². The van der Waals surface area contributed by atoms with Crippen LogP contribution >= 0.6 is 0 Å². The molecule has 9 heteroatoms. The maximum absolute atomic E-state index is 11.2. The fraction of sp³-hybridized carbons (Fsp3) is 0.467. The number of nitro groups is 1. The Labute approximate surface area is 139 Å². The second-order valence-corrected chi connectivity index (χ2v) is 6.03. The Morgan fingerprint density at radius 3 is 2.62 bits per heavy atom. The molecule has 1 fully saturated rings. The van der Waals surface area contributed by atoms with Crippen molar-refractivity contribution in [2.45, 2.75) is 37.8 Å². The summed E-state index contributed by atoms with van der Waals surface area (Å²) < 4.78 is 0. The molecule has 5 N–H and O–H groups in total. The van der Waals surface area contributed by atoms with Crippen LogP contribution in [0.25, 0.3) is 0 Å². The van der Waals surface area contributed by atoms with Gasteiger partial charge in [-0.1, -0.05) is 6.42 Å². The number of nitro benzene ring substituents is 1. The number of aliphatic imine (C=N–C) groups is 2. The number of nitrogens with one attached hydrogen (secondary N) is 1. The predicted octanol–water partition coefficient (Wildman–Crippen LogP) is 1.75. The molecule has 0 aromatic heterocycles. The molecule has 0 unspecified atom stereocenters. The second kappa shape index (κ2) is 5.99. The van der Waals surface area contributed by atoms with Crippen molar-refractivity contribution in [3.05, 3.63) is 28.3 Å². The minimum atomic E-state index is -0.630. The van der Waals surface area contributed by atoms with Crippen molar-refractivity contribution in [1.82, 2.24) is 0 Å². The third-order valence-corrected chi connectivity index (χ3v) is 4.55. The molecule has 1 aromatic carbocycles. The minimum Gasteiger partial charge on any atom is -0.386 e. The Morgan fingerprint density at radius 2 is 2.00 bits per heavy atom. The molecule has 0 atom stereocenters. The predicted molar refractivity (Wildman–Crippen MR) is 94.2 cm³/mol. The second-order valence-electron chi connectivity index (χ2n) is 6.03. The van der Waals surface area contributed by atoms with E-state index < -0.39 is 10.6 Å². The molecule has 3 rings (SSSR count). The van der Waals surface area contributed by atoms with Gasteiger partial charge in [-0.15, -0.1) is 0 Å². The lowest BCUT2D eigenvalue weighted by atomic mass is 9.87. The Morgan fingerprint density at radius 1 is 1.29 bits per heavy atom. The molecule has 1 saturated carbocycles. The third-order valence-electron chi connectivity index (χ3n) is 4.55. The van der Waals surface area contributed by atoms with Crippen molar-refractivity contribution in [2.24, 2.45) is 21.5 Å². The molecule has 24 heavy (non-hydrogen) atoms. The van der Waals surface area contributed by atoms with E-state index in [0.29, 0.717) is 5.69 Å². The van der Waals surface area contributed by atoms with Crippen LogP contribution in [0.2, 0.25) is 0 Å². The Balaban J connectivity index is 2.16. The summed E-state index contributed by atoms with van der Waals surface area (Å²) in [5, 5.41) is 14.3. The molecular weight excluding hydrogens is 310 g/mol. The highest BCUT2D eigenvalue weighted by Gasteiger charge is 2.43. The first kappa shape index (κ1) is 16.0. The van der Waals surface area contributed by atoms with Crippen LogP contribution in [0.3, 0.4) is 0 Å². The Bertz CT molecular complexity index is 723. The Kier molecular flexibility index (Phi) is 4.00. The quantitative estimate of drug-likeness (QED) is 0.570. The van der Waals surface area contributed by atoms with Gasteiger partial charge in [0, 0.05) is 19.2 Å². The lowest BCUT2D eigenvalue weighted by Gasteiger charge is -2.46. The van der Waals surface area contributed by atoms with E-state index >= 15 is 0 Å². The molecular formula is C15H21N7O2. The van der Waals surface area contributed by atoms with Gasteiger partial charge in [0.25, 0.3) is 5.69 Å². The molecule has 1 spiro atoms. The summed E-state index contributed by atoms with van der Waals surface area (Å²) in [5.41, 5.74) is 12.7. The van der Waals surface area contributed by atoms with Gasteiger partial charge in [-0.3, -0.25) is 15.0 Å². The lowest BCUT2D eigenvalue weighted by molar-refractivity contribution is -0.384. The van der Waals surface area contributed by atoms with Crippen LogP contribution in [0.4, 0.5) is 17.1 Å². The molecule has 0 radical (unpaired) electrons. The highest BCUT2D eigenvalue weighted by atomic mass is 16.6. The minimum absolute atomic E-state index is 0.00900. The summed E-state index contributed by atoms with van der Waals surface area (Å²) in [5.74, 6) is 0.364. The number of benzene rings is 1. The Hall–Kier alpha value is -2.84. The smallest absolute Gasteiger partial charge is 0.271 e. The SMILES string of the molecule is CNc1ccc([N+](=O)[O-])cc1N1C(N)=NC(N)=NC12CCCCC2. The van der Waals surface area contributed by atoms with Gasteiger partial charge < -0.3 is 16.8 Å². The third kappa shape index (κ3) is 2.61. The van der Waals surface area contributed by atoms with Crippen LogP contribution in [0, 0.1) is 10.1 Å². The number of nitrogens with two attached hydrogens (primary N) is 2. The monoisotopic (exact) mass is 331 g/mol. The van der Waals surface area contributed by atoms with Crippen LogP contribution in [-0.4, -0.2) is 29.6 Å². The molecule has 0 amide bonds. The lowest BCUT2D eigenvalue weighted by Crippen LogP contribution is -2.58. The van der Waals surface area contributed by atoms with Crippen LogP contribution in [0.15, 0.2) is 28.2 Å². The van der Waals surface area contributed by atoms with E-state index in [1.165, 1.54) is 12.1 Å². The van der Waals surface area contributed by atoms with Gasteiger partial charge in [-0.05, 0) is 31.7 Å². The number of hydrogen-bond acceptors (Lipinski definition) is 8. The zero-order valence-electron chi connectivity index (χ0n) is 13.5. The summed E-state index contributed by atoms with van der Waals surface area (Å²) >= 11 is 0. The first-order chi connectivity index (χ1) is 11.5. The van der Waals surface area contributed by atoms with Gasteiger partial charge in [0.1, 0.15) is 5.66 Å². The fourth-order valence-electron chi connectivity index (χ4n) is 3.50. The van der Waals surface area contributed by atoms with Gasteiger partial charge in [-0.2, -0.15) is 4.99 Å². The molecule has 2 aliphatic rings. The summed E-state index contributed by atoms with van der Waals surface area (Å²) in [6.07, 6.45) is 4.65. The molecule has 1 aliphatic heterocycles. The van der Waals surface area contributed by atoms with E-state index in [4.69, 9.17) is 11.5 Å². The number of nitrogens with zero attached hydrogens (tertiary/aromatic N) is 4. The van der Waals surface area contributed by atoms with Crippen molar-refractivity contribution in [3.63, 3.8) is 0 Å². The van der Waals surface area contributed by atoms with Crippen LogP contribution in [0.1, 0.15) is 32.1 Å². The first-order valence-electron chi connectivity index (χ1n) is 7.93. The first-order valence-corrected chi connectivity index (χ1v) is 7.93. The zero-order valence-corrected chi connectivity index (χ0v) is 13.5. The van der Waals surface area contributed by atoms with E-state index in [-0.39, 0.29) is 17.6 Å². The molecule has 128 valence electrons. The molecule has 0 saturated heterocycles. The standard InChI is InChI=1S/C15H21N7O2/c1-18-11-6-5-10(22(23)24)9-12(11)21-14(17)19-13(16)20-15(21)7-3-2-4-8-15/h5-6,9,18H,2-4,7-8H2,1H3,(H4,16,17,19,20). The van der Waals surface area contributed by atoms with Crippen molar-refractivity contribution in [1.29, 1.82) is 0 Å². The maximum Gasteiger partial charge on any atom is 0.271 e. The van der Waals surface area contributed by atoms with Gasteiger partial charge in [0.2, 0.25) is 11.9 Å². The highest BCUT2D eigenvalue weighted by molar-refractivity contribution is 6.07. The zero-order chi connectivity index (χ0) is 17.3. The number of rotatable bonds is 3. The van der Waals surface area contributed by atoms with E-state index in [1.54, 1.807) is 18.0 Å². The average Bonchev–Trinajstić information content (AvgIpc) is 2.54. The maximum atomic E-state index is 11.2. The molecule has 9 nitrogen and oxygen atoms in total. The molecule has 1 heterocycles. The summed E-state index contributed by atoms with van der Waals surface area (Å²) in [6.45, 7) is 0. The summed E-state index contributed by atoms with van der Waals surface area (Å²) in [6, 6.07) is 4.62. The largest absolute Gasteiger partial charge is 0.386 e. The van der Waals surface area contributed by atoms with Crippen LogP contribution in [0.5, 0.6) is 0 Å². The van der Waals surface area contributed by atoms with Crippen LogP contribution in [-0.2, 0) is 0 Å². The van der Waals surface area contributed by atoms with Gasteiger partial charge in [0.15, 0.2) is 0 Å². The molecule has 1 aromatic rings. The van der Waals surface area contributed by atoms with Crippen molar-refractivity contribution < 1.29 is 4.92 Å². The number of guanidine groups is 2. The molecule has 1 aliphatic carbocycles. The fourth-order valence-corrected chi connectivity index (χ4v) is 3.50. The number of non-ortho nitro benzene ring substituents is 1. The van der Waals surface area contributed by atoms with E-state index in [9.17, 15) is 10.1 Å². The van der Waals surface area contributed by atoms with Crippen LogP contribution < -0.4 is 21.7 Å². The number of hydrogen-bond donors (Lipinski definition) is 3. The summed E-state index contributed by atoms with van der Waals surface area (Å²) in [7, 11) is 1.76.